The number of aryl methyl sites for hydroxylation is 1. The van der Waals surface area contributed by atoms with Crippen LogP contribution >= 0.6 is 0 Å². The average Bonchev–Trinajstić information content (AvgIpc) is 2.09. The molecule has 0 bridgehead atoms. The minimum absolute atomic E-state index is 0.145. The highest BCUT2D eigenvalue weighted by molar-refractivity contribution is 5.29. The number of hydrogen-bond acceptors (Lipinski definition) is 1. The normalized spacial score (nSPS) is 12.5. The molecule has 0 aromatic heterocycles. The molecule has 0 radical (unpaired) electrons. The fourth-order valence-corrected chi connectivity index (χ4v) is 1.32. The van der Waals surface area contributed by atoms with E-state index < -0.39 is 0 Å². The number of rotatable bonds is 3. The molecular weight excluding hydrogens is 165 g/mol. The highest BCUT2D eigenvalue weighted by Gasteiger charge is 2.07. The van der Waals surface area contributed by atoms with E-state index in [1.54, 1.807) is 12.1 Å². The molecule has 0 amide bonds. The van der Waals surface area contributed by atoms with Crippen LogP contribution < -0.4 is 5.73 Å². The second-order valence-corrected chi connectivity index (χ2v) is 3.13. The van der Waals surface area contributed by atoms with Gasteiger partial charge in [-0.2, -0.15) is 0 Å². The molecule has 0 fully saturated rings. The molecule has 0 aliphatic heterocycles. The summed E-state index contributed by atoms with van der Waals surface area (Å²) in [7, 11) is 0. The Morgan fingerprint density at radius 1 is 1.62 bits per heavy atom. The summed E-state index contributed by atoms with van der Waals surface area (Å²) in [5.74, 6) is -0.236. The lowest BCUT2D eigenvalue weighted by Crippen LogP contribution is -2.10. The highest BCUT2D eigenvalue weighted by Crippen LogP contribution is 2.19. The van der Waals surface area contributed by atoms with Gasteiger partial charge in [0, 0.05) is 6.04 Å². The lowest BCUT2D eigenvalue weighted by molar-refractivity contribution is 0.618. The number of benzene rings is 1. The molecular formula is C11H14FN. The molecule has 1 aromatic rings. The summed E-state index contributed by atoms with van der Waals surface area (Å²) in [5.41, 5.74) is 7.72. The van der Waals surface area contributed by atoms with Crippen LogP contribution in [0, 0.1) is 12.7 Å². The Labute approximate surface area is 78.1 Å². The van der Waals surface area contributed by atoms with E-state index in [1.807, 2.05) is 6.92 Å². The van der Waals surface area contributed by atoms with E-state index in [0.29, 0.717) is 6.42 Å². The van der Waals surface area contributed by atoms with Gasteiger partial charge < -0.3 is 5.73 Å². The van der Waals surface area contributed by atoms with E-state index in [4.69, 9.17) is 5.73 Å². The van der Waals surface area contributed by atoms with Gasteiger partial charge in [0.2, 0.25) is 0 Å². The van der Waals surface area contributed by atoms with Crippen molar-refractivity contribution in [3.63, 3.8) is 0 Å². The number of halogens is 1. The van der Waals surface area contributed by atoms with Crippen LogP contribution in [0.1, 0.15) is 23.6 Å². The Bertz CT molecular complexity index is 307. The molecule has 0 aliphatic carbocycles. The van der Waals surface area contributed by atoms with Crippen LogP contribution in [0.3, 0.4) is 0 Å². The molecule has 0 saturated heterocycles. The predicted octanol–water partition coefficient (Wildman–Crippen LogP) is 2.71. The van der Waals surface area contributed by atoms with Crippen LogP contribution in [0.2, 0.25) is 0 Å². The third kappa shape index (κ3) is 2.39. The Hall–Kier alpha value is -1.15. The molecule has 2 N–H and O–H groups in total. The fourth-order valence-electron chi connectivity index (χ4n) is 1.32. The van der Waals surface area contributed by atoms with E-state index >= 15 is 0 Å². The minimum Gasteiger partial charge on any atom is -0.324 e. The van der Waals surface area contributed by atoms with Gasteiger partial charge in [0.05, 0.1) is 0 Å². The second kappa shape index (κ2) is 4.19. The highest BCUT2D eigenvalue weighted by atomic mass is 19.1. The van der Waals surface area contributed by atoms with Crippen LogP contribution in [-0.4, -0.2) is 0 Å². The second-order valence-electron chi connectivity index (χ2n) is 3.13. The Balaban J connectivity index is 2.97. The van der Waals surface area contributed by atoms with Crippen LogP contribution in [0.15, 0.2) is 30.9 Å². The zero-order chi connectivity index (χ0) is 9.84. The van der Waals surface area contributed by atoms with Crippen LogP contribution in [0.25, 0.3) is 0 Å². The van der Waals surface area contributed by atoms with Crippen molar-refractivity contribution in [2.45, 2.75) is 19.4 Å². The van der Waals surface area contributed by atoms with E-state index in [2.05, 4.69) is 6.58 Å². The monoisotopic (exact) mass is 179 g/mol. The molecule has 1 nitrogen and oxygen atoms in total. The van der Waals surface area contributed by atoms with Crippen molar-refractivity contribution in [1.29, 1.82) is 0 Å². The van der Waals surface area contributed by atoms with Gasteiger partial charge >= 0.3 is 0 Å². The van der Waals surface area contributed by atoms with Gasteiger partial charge in [-0.1, -0.05) is 12.1 Å². The van der Waals surface area contributed by atoms with E-state index in [-0.39, 0.29) is 11.9 Å². The summed E-state index contributed by atoms with van der Waals surface area (Å²) >= 11 is 0. The fraction of sp³-hybridized carbons (Fsp3) is 0.273. The first-order valence-electron chi connectivity index (χ1n) is 4.27. The number of hydrogen-bond donors (Lipinski definition) is 1. The molecule has 0 heterocycles. The van der Waals surface area contributed by atoms with Gasteiger partial charge in [0.15, 0.2) is 0 Å². The lowest BCUT2D eigenvalue weighted by Gasteiger charge is -2.12. The van der Waals surface area contributed by atoms with Crippen LogP contribution in [0.5, 0.6) is 0 Å². The smallest absolute Gasteiger partial charge is 0.123 e. The Kier molecular flexibility index (Phi) is 3.20. The molecule has 0 saturated carbocycles. The predicted molar refractivity (Wildman–Crippen MR) is 52.9 cm³/mol. The largest absolute Gasteiger partial charge is 0.324 e. The van der Waals surface area contributed by atoms with Crippen molar-refractivity contribution in [3.05, 3.63) is 47.8 Å². The molecule has 0 aliphatic rings. The summed E-state index contributed by atoms with van der Waals surface area (Å²) in [6.45, 7) is 5.53. The maximum absolute atomic E-state index is 12.9. The first-order chi connectivity index (χ1) is 6.15. The maximum Gasteiger partial charge on any atom is 0.123 e. The Morgan fingerprint density at radius 3 is 2.92 bits per heavy atom. The minimum atomic E-state index is -0.236. The summed E-state index contributed by atoms with van der Waals surface area (Å²) in [4.78, 5) is 0. The van der Waals surface area contributed by atoms with Crippen molar-refractivity contribution < 1.29 is 4.39 Å². The zero-order valence-corrected chi connectivity index (χ0v) is 7.76. The van der Waals surface area contributed by atoms with Gasteiger partial charge in [-0.05, 0) is 36.6 Å². The lowest BCUT2D eigenvalue weighted by atomic mass is 9.99. The van der Waals surface area contributed by atoms with Crippen molar-refractivity contribution in [3.8, 4) is 0 Å². The third-order valence-corrected chi connectivity index (χ3v) is 2.06. The Morgan fingerprint density at radius 2 is 2.31 bits per heavy atom. The molecule has 1 atom stereocenters. The first-order valence-corrected chi connectivity index (χ1v) is 4.27. The molecule has 1 rings (SSSR count). The molecule has 1 unspecified atom stereocenters. The van der Waals surface area contributed by atoms with Gasteiger partial charge in [-0.3, -0.25) is 0 Å². The van der Waals surface area contributed by atoms with Crippen molar-refractivity contribution in [2.24, 2.45) is 5.73 Å². The summed E-state index contributed by atoms with van der Waals surface area (Å²) in [5, 5.41) is 0. The molecule has 70 valence electrons. The third-order valence-electron chi connectivity index (χ3n) is 2.06. The van der Waals surface area contributed by atoms with Crippen LogP contribution in [0.4, 0.5) is 4.39 Å². The van der Waals surface area contributed by atoms with Gasteiger partial charge in [0.1, 0.15) is 5.82 Å². The van der Waals surface area contributed by atoms with Crippen LogP contribution in [-0.2, 0) is 0 Å². The van der Waals surface area contributed by atoms with Gasteiger partial charge in [0.25, 0.3) is 0 Å². The van der Waals surface area contributed by atoms with E-state index in [1.165, 1.54) is 12.1 Å². The van der Waals surface area contributed by atoms with Gasteiger partial charge in [-0.15, -0.1) is 6.58 Å². The van der Waals surface area contributed by atoms with E-state index in [0.717, 1.165) is 11.1 Å². The summed E-state index contributed by atoms with van der Waals surface area (Å²) < 4.78 is 12.9. The molecule has 2 heteroatoms. The summed E-state index contributed by atoms with van der Waals surface area (Å²) in [6, 6.07) is 4.53. The number of nitrogens with two attached hydrogens (primary N) is 1. The SMILES string of the molecule is C=CCC(N)c1cc(F)ccc1C. The zero-order valence-electron chi connectivity index (χ0n) is 7.76. The van der Waals surface area contributed by atoms with E-state index in [9.17, 15) is 4.39 Å². The molecule has 1 aromatic carbocycles. The topological polar surface area (TPSA) is 26.0 Å². The maximum atomic E-state index is 12.9. The van der Waals surface area contributed by atoms with Crippen molar-refractivity contribution in [2.75, 3.05) is 0 Å². The average molecular weight is 179 g/mol. The van der Waals surface area contributed by atoms with Gasteiger partial charge in [-0.25, -0.2) is 4.39 Å². The first kappa shape index (κ1) is 9.93. The molecule has 13 heavy (non-hydrogen) atoms. The van der Waals surface area contributed by atoms with Crippen molar-refractivity contribution in [1.82, 2.24) is 0 Å². The quantitative estimate of drug-likeness (QED) is 0.709. The standard InChI is InChI=1S/C11H14FN/c1-3-4-11(13)10-7-9(12)6-5-8(10)2/h3,5-7,11H,1,4,13H2,2H3. The van der Waals surface area contributed by atoms with Crippen molar-refractivity contribution >= 4 is 0 Å². The molecule has 0 spiro atoms. The summed E-state index contributed by atoms with van der Waals surface area (Å²) in [6.07, 6.45) is 2.42.